The molecule has 1 saturated carbocycles. The van der Waals surface area contributed by atoms with Crippen LogP contribution in [0.1, 0.15) is 49.5 Å². The summed E-state index contributed by atoms with van der Waals surface area (Å²) in [6, 6.07) is 3.42. The zero-order chi connectivity index (χ0) is 17.5. The Labute approximate surface area is 146 Å². The van der Waals surface area contributed by atoms with E-state index < -0.39 is 0 Å². The first kappa shape index (κ1) is 17.5. The van der Waals surface area contributed by atoms with Crippen molar-refractivity contribution in [2.24, 2.45) is 5.92 Å². The third-order valence-electron chi connectivity index (χ3n) is 4.62. The Morgan fingerprint density at radius 2 is 2.24 bits per heavy atom. The Kier molecular flexibility index (Phi) is 6.05. The van der Waals surface area contributed by atoms with Crippen LogP contribution >= 0.6 is 0 Å². The van der Waals surface area contributed by atoms with Crippen LogP contribution in [0, 0.1) is 5.92 Å². The lowest BCUT2D eigenvalue weighted by molar-refractivity contribution is 0.0163. The number of H-pyrrole nitrogens is 1. The minimum Gasteiger partial charge on any atom is -0.378 e. The molecule has 0 spiro atoms. The number of nitrogens with one attached hydrogen (secondary N) is 2. The molecule has 1 aliphatic carbocycles. The molecule has 0 aromatic carbocycles. The Hall–Kier alpha value is -2.35. The second-order valence-corrected chi connectivity index (χ2v) is 6.25. The maximum atomic E-state index is 12.2. The van der Waals surface area contributed by atoms with E-state index in [1.165, 1.54) is 25.7 Å². The molecule has 1 fully saturated rings. The molecular weight excluding hydrogens is 320 g/mol. The standard InChI is InChI=1S/C17H24N6O2/c1-2-25-15(12-5-3-4-6-12)9-10-18-17(24)14-8-7-13(11-19-14)16-20-22-23-21-16/h7-8,11-12,15H,2-6,9-10H2,1H3,(H,18,24)(H,20,21,22,23). The van der Waals surface area contributed by atoms with Gasteiger partial charge in [0.15, 0.2) is 0 Å². The van der Waals surface area contributed by atoms with Crippen LogP contribution in [0.2, 0.25) is 0 Å². The van der Waals surface area contributed by atoms with E-state index in [0.29, 0.717) is 36.2 Å². The van der Waals surface area contributed by atoms with Gasteiger partial charge in [-0.15, -0.1) is 10.2 Å². The topological polar surface area (TPSA) is 106 Å². The van der Waals surface area contributed by atoms with Gasteiger partial charge in [-0.05, 0) is 49.5 Å². The molecule has 1 aliphatic rings. The number of hydrogen-bond acceptors (Lipinski definition) is 6. The van der Waals surface area contributed by atoms with Crippen molar-refractivity contribution >= 4 is 5.91 Å². The fourth-order valence-corrected chi connectivity index (χ4v) is 3.36. The van der Waals surface area contributed by atoms with Crippen LogP contribution in [0.3, 0.4) is 0 Å². The molecule has 8 heteroatoms. The fourth-order valence-electron chi connectivity index (χ4n) is 3.36. The summed E-state index contributed by atoms with van der Waals surface area (Å²) in [5.41, 5.74) is 1.09. The van der Waals surface area contributed by atoms with E-state index in [0.717, 1.165) is 6.42 Å². The third kappa shape index (κ3) is 4.60. The number of amides is 1. The number of rotatable bonds is 8. The third-order valence-corrected chi connectivity index (χ3v) is 4.62. The van der Waals surface area contributed by atoms with Gasteiger partial charge < -0.3 is 10.1 Å². The van der Waals surface area contributed by atoms with Crippen LogP contribution in [-0.4, -0.2) is 50.8 Å². The highest BCUT2D eigenvalue weighted by Gasteiger charge is 2.25. The smallest absolute Gasteiger partial charge is 0.269 e. The number of ether oxygens (including phenoxy) is 1. The monoisotopic (exact) mass is 344 g/mol. The SMILES string of the molecule is CCOC(CCNC(=O)c1ccc(-c2nn[nH]n2)cn1)C1CCCC1. The molecule has 134 valence electrons. The van der Waals surface area contributed by atoms with Gasteiger partial charge in [-0.1, -0.05) is 12.8 Å². The summed E-state index contributed by atoms with van der Waals surface area (Å²) in [7, 11) is 0. The number of carbonyl (C=O) groups is 1. The average Bonchev–Trinajstić information content (AvgIpc) is 3.34. The van der Waals surface area contributed by atoms with E-state index in [1.54, 1.807) is 18.3 Å². The Morgan fingerprint density at radius 3 is 2.88 bits per heavy atom. The normalized spacial score (nSPS) is 16.0. The summed E-state index contributed by atoms with van der Waals surface area (Å²) in [4.78, 5) is 16.4. The molecular formula is C17H24N6O2. The van der Waals surface area contributed by atoms with Gasteiger partial charge in [0.25, 0.3) is 5.91 Å². The quantitative estimate of drug-likeness (QED) is 0.758. The zero-order valence-corrected chi connectivity index (χ0v) is 14.4. The second-order valence-electron chi connectivity index (χ2n) is 6.25. The molecule has 1 amide bonds. The van der Waals surface area contributed by atoms with Gasteiger partial charge in [0.1, 0.15) is 5.69 Å². The molecule has 2 N–H and O–H groups in total. The van der Waals surface area contributed by atoms with E-state index in [9.17, 15) is 4.79 Å². The number of pyridine rings is 1. The van der Waals surface area contributed by atoms with Gasteiger partial charge in [0, 0.05) is 24.9 Å². The second kappa shape index (κ2) is 8.66. The van der Waals surface area contributed by atoms with E-state index in [2.05, 4.69) is 30.9 Å². The van der Waals surface area contributed by atoms with E-state index >= 15 is 0 Å². The molecule has 0 radical (unpaired) electrons. The lowest BCUT2D eigenvalue weighted by Crippen LogP contribution is -2.31. The van der Waals surface area contributed by atoms with E-state index in [4.69, 9.17) is 4.74 Å². The number of aromatic nitrogens is 5. The van der Waals surface area contributed by atoms with Crippen molar-refractivity contribution < 1.29 is 9.53 Å². The van der Waals surface area contributed by atoms with Gasteiger partial charge >= 0.3 is 0 Å². The van der Waals surface area contributed by atoms with Crippen molar-refractivity contribution in [3.05, 3.63) is 24.0 Å². The lowest BCUT2D eigenvalue weighted by Gasteiger charge is -2.23. The van der Waals surface area contributed by atoms with Crippen molar-refractivity contribution in [1.29, 1.82) is 0 Å². The van der Waals surface area contributed by atoms with Crippen LogP contribution < -0.4 is 5.32 Å². The summed E-state index contributed by atoms with van der Waals surface area (Å²) < 4.78 is 5.88. The molecule has 25 heavy (non-hydrogen) atoms. The van der Waals surface area contributed by atoms with Crippen LogP contribution in [0.25, 0.3) is 11.4 Å². The summed E-state index contributed by atoms with van der Waals surface area (Å²) >= 11 is 0. The number of hydrogen-bond donors (Lipinski definition) is 2. The summed E-state index contributed by atoms with van der Waals surface area (Å²) in [5, 5.41) is 16.6. The number of tetrazole rings is 1. The Balaban J connectivity index is 1.49. The zero-order valence-electron chi connectivity index (χ0n) is 14.4. The first-order valence-corrected chi connectivity index (χ1v) is 8.87. The predicted octanol–water partition coefficient (Wildman–Crippen LogP) is 1.98. The summed E-state index contributed by atoms with van der Waals surface area (Å²) in [5.74, 6) is 0.904. The molecule has 0 aliphatic heterocycles. The highest BCUT2D eigenvalue weighted by atomic mass is 16.5. The first-order chi connectivity index (χ1) is 12.3. The van der Waals surface area contributed by atoms with Gasteiger partial charge in [-0.3, -0.25) is 9.78 Å². The number of aromatic amines is 1. The predicted molar refractivity (Wildman–Crippen MR) is 91.7 cm³/mol. The van der Waals surface area contributed by atoms with E-state index in [1.807, 2.05) is 6.92 Å². The van der Waals surface area contributed by atoms with Crippen molar-refractivity contribution in [2.75, 3.05) is 13.2 Å². The van der Waals surface area contributed by atoms with Gasteiger partial charge in [0.05, 0.1) is 6.10 Å². The van der Waals surface area contributed by atoms with Gasteiger partial charge in [0.2, 0.25) is 5.82 Å². The molecule has 1 unspecified atom stereocenters. The van der Waals surface area contributed by atoms with Crippen molar-refractivity contribution in [3.63, 3.8) is 0 Å². The summed E-state index contributed by atoms with van der Waals surface area (Å²) in [6.07, 6.45) is 7.69. The molecule has 0 saturated heterocycles. The molecule has 3 rings (SSSR count). The molecule has 2 aromatic rings. The van der Waals surface area contributed by atoms with Crippen molar-refractivity contribution in [1.82, 2.24) is 30.9 Å². The fraction of sp³-hybridized carbons (Fsp3) is 0.588. The maximum absolute atomic E-state index is 12.2. The van der Waals surface area contributed by atoms with Crippen LogP contribution in [0.15, 0.2) is 18.3 Å². The molecule has 0 bridgehead atoms. The molecule has 8 nitrogen and oxygen atoms in total. The number of carbonyl (C=O) groups excluding carboxylic acids is 1. The van der Waals surface area contributed by atoms with E-state index in [-0.39, 0.29) is 12.0 Å². The average molecular weight is 344 g/mol. The largest absolute Gasteiger partial charge is 0.378 e. The van der Waals surface area contributed by atoms with Crippen LogP contribution in [-0.2, 0) is 4.74 Å². The summed E-state index contributed by atoms with van der Waals surface area (Å²) in [6.45, 7) is 3.33. The lowest BCUT2D eigenvalue weighted by atomic mass is 9.98. The van der Waals surface area contributed by atoms with Crippen LogP contribution in [0.5, 0.6) is 0 Å². The minimum absolute atomic E-state index is 0.179. The minimum atomic E-state index is -0.179. The highest BCUT2D eigenvalue weighted by molar-refractivity contribution is 5.92. The van der Waals surface area contributed by atoms with Crippen molar-refractivity contribution in [2.45, 2.75) is 45.1 Å². The first-order valence-electron chi connectivity index (χ1n) is 8.87. The van der Waals surface area contributed by atoms with Gasteiger partial charge in [-0.2, -0.15) is 5.21 Å². The van der Waals surface area contributed by atoms with Gasteiger partial charge in [-0.25, -0.2) is 0 Å². The molecule has 1 atom stereocenters. The Morgan fingerprint density at radius 1 is 1.40 bits per heavy atom. The highest BCUT2D eigenvalue weighted by Crippen LogP contribution is 2.30. The molecule has 2 heterocycles. The van der Waals surface area contributed by atoms with Crippen molar-refractivity contribution in [3.8, 4) is 11.4 Å². The Bertz CT molecular complexity index is 652. The van der Waals surface area contributed by atoms with Crippen LogP contribution in [0.4, 0.5) is 0 Å². The number of nitrogens with zero attached hydrogens (tertiary/aromatic N) is 4. The maximum Gasteiger partial charge on any atom is 0.269 e. The molecule has 2 aromatic heterocycles.